The zero-order chi connectivity index (χ0) is 13.1. The number of hydrogen-bond donors (Lipinski definition) is 2. The Morgan fingerprint density at radius 3 is 2.63 bits per heavy atom. The summed E-state index contributed by atoms with van der Waals surface area (Å²) in [7, 11) is 0. The number of aromatic nitrogens is 2. The molecule has 98 valence electrons. The van der Waals surface area contributed by atoms with Crippen molar-refractivity contribution in [1.82, 2.24) is 9.97 Å². The van der Waals surface area contributed by atoms with Crippen LogP contribution >= 0.6 is 0 Å². The van der Waals surface area contributed by atoms with E-state index >= 15 is 0 Å². The molecule has 1 aromatic carbocycles. The quantitative estimate of drug-likeness (QED) is 0.881. The molecule has 19 heavy (non-hydrogen) atoms. The molecule has 0 atom stereocenters. The predicted octanol–water partition coefficient (Wildman–Crippen LogP) is 2.47. The van der Waals surface area contributed by atoms with Crippen molar-refractivity contribution in [3.05, 3.63) is 42.6 Å². The standard InChI is InChI=1S/C15H17N3O/c19-15(8-4-9-15)11-17-13-7-10-16-14(18-13)12-5-2-1-3-6-12/h1-3,5-7,10,19H,4,8-9,11H2,(H,16,17,18). The average molecular weight is 255 g/mol. The minimum absolute atomic E-state index is 0.544. The summed E-state index contributed by atoms with van der Waals surface area (Å²) in [6.45, 7) is 0.554. The fourth-order valence-electron chi connectivity index (χ4n) is 2.20. The summed E-state index contributed by atoms with van der Waals surface area (Å²) in [5.41, 5.74) is 0.450. The van der Waals surface area contributed by atoms with E-state index in [4.69, 9.17) is 0 Å². The van der Waals surface area contributed by atoms with Crippen LogP contribution in [-0.4, -0.2) is 27.2 Å². The third-order valence-electron chi connectivity index (χ3n) is 3.57. The summed E-state index contributed by atoms with van der Waals surface area (Å²) in [6.07, 6.45) is 4.59. The van der Waals surface area contributed by atoms with Gasteiger partial charge in [-0.3, -0.25) is 0 Å². The van der Waals surface area contributed by atoms with Gasteiger partial charge in [-0.05, 0) is 25.3 Å². The number of benzene rings is 1. The van der Waals surface area contributed by atoms with E-state index in [0.717, 1.165) is 30.6 Å². The zero-order valence-electron chi connectivity index (χ0n) is 10.7. The molecule has 1 heterocycles. The molecule has 1 aliphatic rings. The van der Waals surface area contributed by atoms with Gasteiger partial charge in [-0.15, -0.1) is 0 Å². The molecule has 1 saturated carbocycles. The molecule has 2 N–H and O–H groups in total. The van der Waals surface area contributed by atoms with Gasteiger partial charge in [0.1, 0.15) is 5.82 Å². The summed E-state index contributed by atoms with van der Waals surface area (Å²) in [4.78, 5) is 8.75. The van der Waals surface area contributed by atoms with Crippen LogP contribution in [0.5, 0.6) is 0 Å². The Hall–Kier alpha value is -1.94. The van der Waals surface area contributed by atoms with Crippen LogP contribution in [0, 0.1) is 0 Å². The lowest BCUT2D eigenvalue weighted by atomic mass is 9.80. The highest BCUT2D eigenvalue weighted by Crippen LogP contribution is 2.31. The number of nitrogens with one attached hydrogen (secondary N) is 1. The van der Waals surface area contributed by atoms with Crippen molar-refractivity contribution < 1.29 is 5.11 Å². The third kappa shape index (κ3) is 2.74. The van der Waals surface area contributed by atoms with Gasteiger partial charge < -0.3 is 10.4 Å². The fourth-order valence-corrected chi connectivity index (χ4v) is 2.20. The van der Waals surface area contributed by atoms with Gasteiger partial charge >= 0.3 is 0 Å². The number of aliphatic hydroxyl groups is 1. The van der Waals surface area contributed by atoms with Gasteiger partial charge in [-0.25, -0.2) is 9.97 Å². The average Bonchev–Trinajstić information content (AvgIpc) is 2.44. The van der Waals surface area contributed by atoms with E-state index in [1.54, 1.807) is 6.20 Å². The molecule has 1 aliphatic carbocycles. The molecular weight excluding hydrogens is 238 g/mol. The van der Waals surface area contributed by atoms with Crippen LogP contribution in [0.3, 0.4) is 0 Å². The van der Waals surface area contributed by atoms with Crippen molar-refractivity contribution in [1.29, 1.82) is 0 Å². The first-order chi connectivity index (χ1) is 9.25. The Balaban J connectivity index is 1.73. The maximum Gasteiger partial charge on any atom is 0.161 e. The Labute approximate surface area is 112 Å². The van der Waals surface area contributed by atoms with E-state index in [9.17, 15) is 5.11 Å². The van der Waals surface area contributed by atoms with Crippen LogP contribution in [0.1, 0.15) is 19.3 Å². The van der Waals surface area contributed by atoms with Gasteiger partial charge in [-0.1, -0.05) is 30.3 Å². The first kappa shape index (κ1) is 12.1. The van der Waals surface area contributed by atoms with Gasteiger partial charge in [0.25, 0.3) is 0 Å². The van der Waals surface area contributed by atoms with Crippen molar-refractivity contribution in [2.24, 2.45) is 0 Å². The van der Waals surface area contributed by atoms with E-state index in [0.29, 0.717) is 12.4 Å². The van der Waals surface area contributed by atoms with E-state index in [2.05, 4.69) is 15.3 Å². The van der Waals surface area contributed by atoms with Gasteiger partial charge in [0.05, 0.1) is 5.60 Å². The van der Waals surface area contributed by atoms with Crippen LogP contribution in [0.2, 0.25) is 0 Å². The Bertz CT molecular complexity index is 552. The second-order valence-corrected chi connectivity index (χ2v) is 5.06. The highest BCUT2D eigenvalue weighted by molar-refractivity contribution is 5.56. The van der Waals surface area contributed by atoms with Gasteiger partial charge in [0.15, 0.2) is 5.82 Å². The summed E-state index contributed by atoms with van der Waals surface area (Å²) < 4.78 is 0. The third-order valence-corrected chi connectivity index (χ3v) is 3.57. The van der Waals surface area contributed by atoms with Crippen molar-refractivity contribution in [3.8, 4) is 11.4 Å². The maximum absolute atomic E-state index is 10.1. The van der Waals surface area contributed by atoms with Crippen molar-refractivity contribution in [2.45, 2.75) is 24.9 Å². The van der Waals surface area contributed by atoms with Crippen LogP contribution < -0.4 is 5.32 Å². The van der Waals surface area contributed by atoms with Crippen molar-refractivity contribution in [2.75, 3.05) is 11.9 Å². The molecule has 4 nitrogen and oxygen atoms in total. The number of anilines is 1. The number of rotatable bonds is 4. The fraction of sp³-hybridized carbons (Fsp3) is 0.333. The summed E-state index contributed by atoms with van der Waals surface area (Å²) in [5.74, 6) is 1.46. The van der Waals surface area contributed by atoms with Crippen LogP contribution in [0.25, 0.3) is 11.4 Å². The van der Waals surface area contributed by atoms with E-state index in [1.807, 2.05) is 36.4 Å². The molecule has 1 aromatic heterocycles. The molecule has 2 aromatic rings. The van der Waals surface area contributed by atoms with Crippen LogP contribution in [-0.2, 0) is 0 Å². The normalized spacial score (nSPS) is 16.7. The predicted molar refractivity (Wildman–Crippen MR) is 74.8 cm³/mol. The lowest BCUT2D eigenvalue weighted by Gasteiger charge is -2.36. The molecule has 0 spiro atoms. The van der Waals surface area contributed by atoms with Crippen molar-refractivity contribution >= 4 is 5.82 Å². The van der Waals surface area contributed by atoms with E-state index < -0.39 is 5.60 Å². The van der Waals surface area contributed by atoms with E-state index in [-0.39, 0.29) is 0 Å². The highest BCUT2D eigenvalue weighted by atomic mass is 16.3. The minimum atomic E-state index is -0.544. The van der Waals surface area contributed by atoms with Gasteiger partial charge in [0, 0.05) is 18.3 Å². The first-order valence-corrected chi connectivity index (χ1v) is 6.60. The molecule has 0 radical (unpaired) electrons. The SMILES string of the molecule is OC1(CNc2ccnc(-c3ccccc3)n2)CCC1. The second-order valence-electron chi connectivity index (χ2n) is 5.06. The topological polar surface area (TPSA) is 58.0 Å². The maximum atomic E-state index is 10.1. The van der Waals surface area contributed by atoms with Gasteiger partial charge in [-0.2, -0.15) is 0 Å². The molecule has 1 fully saturated rings. The second kappa shape index (κ2) is 4.97. The van der Waals surface area contributed by atoms with Crippen LogP contribution in [0.15, 0.2) is 42.6 Å². The Morgan fingerprint density at radius 1 is 1.16 bits per heavy atom. The molecule has 4 heteroatoms. The summed E-state index contributed by atoms with van der Waals surface area (Å²) >= 11 is 0. The van der Waals surface area contributed by atoms with Crippen molar-refractivity contribution in [3.63, 3.8) is 0 Å². The Kier molecular flexibility index (Phi) is 3.17. The Morgan fingerprint density at radius 2 is 1.95 bits per heavy atom. The molecule has 0 bridgehead atoms. The smallest absolute Gasteiger partial charge is 0.161 e. The molecule has 0 amide bonds. The lowest BCUT2D eigenvalue weighted by molar-refractivity contribution is -0.0202. The lowest BCUT2D eigenvalue weighted by Crippen LogP contribution is -2.43. The van der Waals surface area contributed by atoms with Crippen LogP contribution in [0.4, 0.5) is 5.82 Å². The molecule has 3 rings (SSSR count). The summed E-state index contributed by atoms with van der Waals surface area (Å²) in [6, 6.07) is 11.7. The van der Waals surface area contributed by atoms with E-state index in [1.165, 1.54) is 0 Å². The summed E-state index contributed by atoms with van der Waals surface area (Å²) in [5, 5.41) is 13.2. The molecule has 0 unspecified atom stereocenters. The highest BCUT2D eigenvalue weighted by Gasteiger charge is 2.33. The number of nitrogens with zero attached hydrogens (tertiary/aromatic N) is 2. The molecule has 0 saturated heterocycles. The monoisotopic (exact) mass is 255 g/mol. The largest absolute Gasteiger partial charge is 0.388 e. The first-order valence-electron chi connectivity index (χ1n) is 6.60. The number of hydrogen-bond acceptors (Lipinski definition) is 4. The minimum Gasteiger partial charge on any atom is -0.388 e. The van der Waals surface area contributed by atoms with Gasteiger partial charge in [0.2, 0.25) is 0 Å². The zero-order valence-corrected chi connectivity index (χ0v) is 10.7. The molecular formula is C15H17N3O. The molecule has 0 aliphatic heterocycles.